The van der Waals surface area contributed by atoms with Crippen LogP contribution in [0.15, 0.2) is 48.8 Å². The summed E-state index contributed by atoms with van der Waals surface area (Å²) in [6, 6.07) is 8.84. The number of benzene rings is 1. The number of allylic oxidation sites excluding steroid dienone is 1. The summed E-state index contributed by atoms with van der Waals surface area (Å²) in [7, 11) is 3.16. The van der Waals surface area contributed by atoms with Gasteiger partial charge >= 0.3 is 0 Å². The van der Waals surface area contributed by atoms with Crippen LogP contribution in [-0.2, 0) is 0 Å². The monoisotopic (exact) mass is 269 g/mol. The van der Waals surface area contributed by atoms with E-state index in [1.165, 1.54) is 6.08 Å². The Morgan fingerprint density at radius 2 is 1.75 bits per heavy atom. The van der Waals surface area contributed by atoms with E-state index in [1.807, 2.05) is 12.1 Å². The van der Waals surface area contributed by atoms with Gasteiger partial charge in [-0.1, -0.05) is 12.1 Å². The maximum atomic E-state index is 11.9. The van der Waals surface area contributed by atoms with Gasteiger partial charge in [0.25, 0.3) is 0 Å². The highest BCUT2D eigenvalue weighted by Gasteiger charge is 2.04. The molecule has 0 aliphatic heterocycles. The Balaban J connectivity index is 2.17. The van der Waals surface area contributed by atoms with Crippen molar-refractivity contribution < 1.29 is 14.3 Å². The summed E-state index contributed by atoms with van der Waals surface area (Å²) in [6.45, 7) is 0. The van der Waals surface area contributed by atoms with Gasteiger partial charge in [-0.15, -0.1) is 0 Å². The van der Waals surface area contributed by atoms with Crippen molar-refractivity contribution in [3.05, 3.63) is 59.9 Å². The molecule has 0 aliphatic rings. The van der Waals surface area contributed by atoms with Crippen molar-refractivity contribution in [1.29, 1.82) is 0 Å². The van der Waals surface area contributed by atoms with Gasteiger partial charge < -0.3 is 9.47 Å². The molecule has 0 saturated heterocycles. The largest absolute Gasteiger partial charge is 0.493 e. The van der Waals surface area contributed by atoms with E-state index in [0.717, 1.165) is 5.56 Å². The fraction of sp³-hybridized carbons (Fsp3) is 0.125. The highest BCUT2D eigenvalue weighted by molar-refractivity contribution is 6.06. The van der Waals surface area contributed by atoms with Crippen LogP contribution in [0.1, 0.15) is 15.9 Å². The normalized spacial score (nSPS) is 10.5. The summed E-state index contributed by atoms with van der Waals surface area (Å²) in [5.41, 5.74) is 1.47. The lowest BCUT2D eigenvalue weighted by atomic mass is 10.1. The van der Waals surface area contributed by atoms with E-state index >= 15 is 0 Å². The first-order valence-corrected chi connectivity index (χ1v) is 6.09. The average molecular weight is 269 g/mol. The highest BCUT2D eigenvalue weighted by Crippen LogP contribution is 2.27. The van der Waals surface area contributed by atoms with Crippen molar-refractivity contribution in [3.8, 4) is 11.5 Å². The molecular weight excluding hydrogens is 254 g/mol. The summed E-state index contributed by atoms with van der Waals surface area (Å²) < 4.78 is 10.4. The van der Waals surface area contributed by atoms with Gasteiger partial charge in [0.2, 0.25) is 0 Å². The van der Waals surface area contributed by atoms with Gasteiger partial charge in [0.05, 0.1) is 14.2 Å². The molecule has 1 aromatic heterocycles. The molecule has 0 amide bonds. The number of carbonyl (C=O) groups excluding carboxylic acids is 1. The number of ether oxygens (including phenoxy) is 2. The predicted octanol–water partition coefficient (Wildman–Crippen LogP) is 2.99. The van der Waals surface area contributed by atoms with Crippen molar-refractivity contribution in [2.45, 2.75) is 0 Å². The van der Waals surface area contributed by atoms with Gasteiger partial charge in [-0.3, -0.25) is 9.78 Å². The van der Waals surface area contributed by atoms with Crippen LogP contribution in [-0.4, -0.2) is 25.0 Å². The molecule has 0 N–H and O–H groups in total. The van der Waals surface area contributed by atoms with Crippen LogP contribution >= 0.6 is 0 Å². The summed E-state index contributed by atoms with van der Waals surface area (Å²) >= 11 is 0. The van der Waals surface area contributed by atoms with Crippen molar-refractivity contribution >= 4 is 11.9 Å². The first kappa shape index (κ1) is 13.8. The lowest BCUT2D eigenvalue weighted by molar-refractivity contribution is 0.104. The number of methoxy groups -OCH3 is 2. The maximum absolute atomic E-state index is 11.9. The molecule has 0 spiro atoms. The minimum absolute atomic E-state index is 0.0674. The van der Waals surface area contributed by atoms with Crippen LogP contribution in [0.25, 0.3) is 6.08 Å². The molecule has 0 saturated carbocycles. The molecule has 4 heteroatoms. The van der Waals surface area contributed by atoms with Crippen LogP contribution in [0.2, 0.25) is 0 Å². The Kier molecular flexibility index (Phi) is 4.50. The summed E-state index contributed by atoms with van der Waals surface area (Å²) in [5.74, 6) is 1.22. The van der Waals surface area contributed by atoms with Crippen LogP contribution in [0.3, 0.4) is 0 Å². The summed E-state index contributed by atoms with van der Waals surface area (Å²) in [4.78, 5) is 15.8. The minimum atomic E-state index is -0.0674. The lowest BCUT2D eigenvalue weighted by Crippen LogP contribution is -1.94. The molecule has 4 nitrogen and oxygen atoms in total. The number of pyridine rings is 1. The number of rotatable bonds is 5. The molecule has 2 aromatic rings. The lowest BCUT2D eigenvalue weighted by Gasteiger charge is -2.07. The molecule has 20 heavy (non-hydrogen) atoms. The standard InChI is InChI=1S/C16H15NO3/c1-19-15-6-4-12(11-16(15)20-2)3-5-14(18)13-7-9-17-10-8-13/h3-11H,1-2H3. The fourth-order valence-corrected chi connectivity index (χ4v) is 1.74. The third-order valence-electron chi connectivity index (χ3n) is 2.80. The average Bonchev–Trinajstić information content (AvgIpc) is 2.53. The molecule has 1 heterocycles. The van der Waals surface area contributed by atoms with Crippen LogP contribution in [0, 0.1) is 0 Å². The molecule has 2 rings (SSSR count). The summed E-state index contributed by atoms with van der Waals surface area (Å²) in [5, 5.41) is 0. The number of carbonyl (C=O) groups is 1. The zero-order chi connectivity index (χ0) is 14.4. The number of aromatic nitrogens is 1. The van der Waals surface area contributed by atoms with E-state index in [1.54, 1.807) is 50.9 Å². The van der Waals surface area contributed by atoms with Gasteiger partial charge in [-0.25, -0.2) is 0 Å². The Hall–Kier alpha value is -2.62. The first-order valence-electron chi connectivity index (χ1n) is 6.09. The Morgan fingerprint density at radius 3 is 2.40 bits per heavy atom. The van der Waals surface area contributed by atoms with E-state index < -0.39 is 0 Å². The first-order chi connectivity index (χ1) is 9.74. The second-order valence-electron chi connectivity index (χ2n) is 4.05. The zero-order valence-corrected chi connectivity index (χ0v) is 11.4. The van der Waals surface area contributed by atoms with Crippen molar-refractivity contribution in [2.75, 3.05) is 14.2 Å². The molecule has 0 aliphatic carbocycles. The number of hydrogen-bond donors (Lipinski definition) is 0. The third-order valence-corrected chi connectivity index (χ3v) is 2.80. The Bertz CT molecular complexity index is 621. The SMILES string of the molecule is COc1ccc(C=CC(=O)c2ccncc2)cc1OC. The molecule has 1 aromatic carbocycles. The predicted molar refractivity (Wildman–Crippen MR) is 77.1 cm³/mol. The second-order valence-corrected chi connectivity index (χ2v) is 4.05. The van der Waals surface area contributed by atoms with E-state index in [0.29, 0.717) is 17.1 Å². The van der Waals surface area contributed by atoms with Gasteiger partial charge in [-0.2, -0.15) is 0 Å². The van der Waals surface area contributed by atoms with Crippen LogP contribution < -0.4 is 9.47 Å². The van der Waals surface area contributed by atoms with Crippen LogP contribution in [0.5, 0.6) is 11.5 Å². The maximum Gasteiger partial charge on any atom is 0.185 e. The minimum Gasteiger partial charge on any atom is -0.493 e. The van der Waals surface area contributed by atoms with Crippen molar-refractivity contribution in [3.63, 3.8) is 0 Å². The smallest absolute Gasteiger partial charge is 0.185 e. The van der Waals surface area contributed by atoms with E-state index in [-0.39, 0.29) is 5.78 Å². The molecule has 0 bridgehead atoms. The number of nitrogens with zero attached hydrogens (tertiary/aromatic N) is 1. The molecule has 0 fully saturated rings. The van der Waals surface area contributed by atoms with E-state index in [2.05, 4.69) is 4.98 Å². The molecule has 0 unspecified atom stereocenters. The van der Waals surface area contributed by atoms with Gasteiger partial charge in [0, 0.05) is 18.0 Å². The topological polar surface area (TPSA) is 48.4 Å². The number of hydrogen-bond acceptors (Lipinski definition) is 4. The Morgan fingerprint density at radius 1 is 1.05 bits per heavy atom. The van der Waals surface area contributed by atoms with Gasteiger partial charge in [0.1, 0.15) is 0 Å². The molecule has 0 radical (unpaired) electrons. The zero-order valence-electron chi connectivity index (χ0n) is 11.4. The quantitative estimate of drug-likeness (QED) is 0.618. The molecular formula is C16H15NO3. The van der Waals surface area contributed by atoms with Crippen molar-refractivity contribution in [2.24, 2.45) is 0 Å². The van der Waals surface area contributed by atoms with Gasteiger partial charge in [-0.05, 0) is 35.9 Å². The highest BCUT2D eigenvalue weighted by atomic mass is 16.5. The van der Waals surface area contributed by atoms with E-state index in [9.17, 15) is 4.79 Å². The van der Waals surface area contributed by atoms with Gasteiger partial charge in [0.15, 0.2) is 17.3 Å². The Labute approximate surface area is 117 Å². The third kappa shape index (κ3) is 3.23. The number of ketones is 1. The fourth-order valence-electron chi connectivity index (χ4n) is 1.74. The van der Waals surface area contributed by atoms with Crippen molar-refractivity contribution in [1.82, 2.24) is 4.98 Å². The second kappa shape index (κ2) is 6.52. The van der Waals surface area contributed by atoms with E-state index in [4.69, 9.17) is 9.47 Å². The summed E-state index contributed by atoms with van der Waals surface area (Å²) in [6.07, 6.45) is 6.45. The van der Waals surface area contributed by atoms with Crippen LogP contribution in [0.4, 0.5) is 0 Å². The molecule has 102 valence electrons. The molecule has 0 atom stereocenters.